The average molecular weight is 230 g/mol. The summed E-state index contributed by atoms with van der Waals surface area (Å²) in [7, 11) is 0. The van der Waals surface area contributed by atoms with Crippen LogP contribution < -0.4 is 4.74 Å². The molecule has 0 heterocycles. The van der Waals surface area contributed by atoms with Crippen LogP contribution in [-0.2, 0) is 6.42 Å². The van der Waals surface area contributed by atoms with Crippen molar-refractivity contribution in [2.45, 2.75) is 23.1 Å². The molecule has 3 nitrogen and oxygen atoms in total. The van der Waals surface area contributed by atoms with Gasteiger partial charge in [0.05, 0.1) is 0 Å². The Morgan fingerprint density at radius 2 is 2.14 bits per heavy atom. The summed E-state index contributed by atoms with van der Waals surface area (Å²) < 4.78 is 4.61. The molecule has 0 bridgehead atoms. The van der Waals surface area contributed by atoms with Crippen LogP contribution in [0, 0.1) is 0 Å². The normalized spacial score (nSPS) is 9.93. The topological polar surface area (TPSA) is 46.5 Å². The lowest BCUT2D eigenvalue weighted by molar-refractivity contribution is 0.144. The first-order chi connectivity index (χ1) is 6.56. The third kappa shape index (κ3) is 2.36. The van der Waals surface area contributed by atoms with Crippen molar-refractivity contribution >= 4 is 31.4 Å². The molecule has 0 aliphatic rings. The predicted molar refractivity (Wildman–Crippen MR) is 59.0 cm³/mol. The molecule has 1 rings (SSSR count). The molecular formula is C9H10O3S2. The van der Waals surface area contributed by atoms with Crippen LogP contribution in [0.4, 0.5) is 4.79 Å². The van der Waals surface area contributed by atoms with Gasteiger partial charge in [0.1, 0.15) is 5.75 Å². The van der Waals surface area contributed by atoms with E-state index in [1.807, 2.05) is 6.92 Å². The van der Waals surface area contributed by atoms with Crippen LogP contribution in [0.5, 0.6) is 5.75 Å². The Bertz CT molecular complexity index is 363. The van der Waals surface area contributed by atoms with Gasteiger partial charge >= 0.3 is 6.16 Å². The Labute approximate surface area is 92.9 Å². The summed E-state index contributed by atoms with van der Waals surface area (Å²) in [5.41, 5.74) is 0.753. The molecule has 0 aromatic heterocycles. The van der Waals surface area contributed by atoms with Crippen molar-refractivity contribution in [2.75, 3.05) is 0 Å². The second kappa shape index (κ2) is 4.61. The quantitative estimate of drug-likeness (QED) is 0.416. The second-order valence-electron chi connectivity index (χ2n) is 2.63. The summed E-state index contributed by atoms with van der Waals surface area (Å²) in [6.07, 6.45) is -0.671. The highest BCUT2D eigenvalue weighted by atomic mass is 32.1. The Morgan fingerprint density at radius 3 is 2.64 bits per heavy atom. The third-order valence-corrected chi connectivity index (χ3v) is 2.83. The molecular weight excluding hydrogens is 220 g/mol. The second-order valence-corrected chi connectivity index (χ2v) is 3.56. The largest absolute Gasteiger partial charge is 0.511 e. The van der Waals surface area contributed by atoms with Gasteiger partial charge in [-0.15, -0.1) is 25.3 Å². The molecule has 14 heavy (non-hydrogen) atoms. The molecule has 0 radical (unpaired) electrons. The Balaban J connectivity index is 3.17. The molecule has 1 N–H and O–H groups in total. The van der Waals surface area contributed by atoms with Crippen LogP contribution in [0.15, 0.2) is 21.9 Å². The van der Waals surface area contributed by atoms with Gasteiger partial charge in [0.15, 0.2) is 0 Å². The fraction of sp³-hybridized carbons (Fsp3) is 0.222. The maximum Gasteiger partial charge on any atom is 0.511 e. The van der Waals surface area contributed by atoms with Crippen molar-refractivity contribution in [3.8, 4) is 5.75 Å². The minimum Gasteiger partial charge on any atom is -0.449 e. The summed E-state index contributed by atoms with van der Waals surface area (Å²) in [4.78, 5) is 11.7. The van der Waals surface area contributed by atoms with Gasteiger partial charge < -0.3 is 9.84 Å². The lowest BCUT2D eigenvalue weighted by Gasteiger charge is -2.10. The molecule has 76 valence electrons. The molecule has 0 fully saturated rings. The molecule has 0 atom stereocenters. The van der Waals surface area contributed by atoms with E-state index >= 15 is 0 Å². The first-order valence-electron chi connectivity index (χ1n) is 4.00. The molecule has 0 saturated carbocycles. The van der Waals surface area contributed by atoms with E-state index in [1.54, 1.807) is 12.1 Å². The van der Waals surface area contributed by atoms with E-state index < -0.39 is 6.16 Å². The van der Waals surface area contributed by atoms with Gasteiger partial charge in [-0.3, -0.25) is 0 Å². The molecule has 0 aliphatic carbocycles. The first kappa shape index (κ1) is 11.3. The van der Waals surface area contributed by atoms with Crippen LogP contribution in [0.2, 0.25) is 0 Å². The molecule has 0 saturated heterocycles. The molecule has 1 aromatic carbocycles. The van der Waals surface area contributed by atoms with E-state index in [0.29, 0.717) is 22.0 Å². The Morgan fingerprint density at radius 1 is 1.50 bits per heavy atom. The number of benzene rings is 1. The lowest BCUT2D eigenvalue weighted by atomic mass is 10.1. The van der Waals surface area contributed by atoms with E-state index in [4.69, 9.17) is 5.11 Å². The van der Waals surface area contributed by atoms with Crippen molar-refractivity contribution in [3.63, 3.8) is 0 Å². The molecule has 0 aliphatic heterocycles. The Kier molecular flexibility index (Phi) is 3.71. The highest BCUT2D eigenvalue weighted by molar-refractivity contribution is 7.83. The number of thiol groups is 2. The highest BCUT2D eigenvalue weighted by Crippen LogP contribution is 2.31. The van der Waals surface area contributed by atoms with Gasteiger partial charge in [-0.2, -0.15) is 0 Å². The monoisotopic (exact) mass is 230 g/mol. The minimum absolute atomic E-state index is 0.322. The number of ether oxygens (including phenoxy) is 1. The summed E-state index contributed by atoms with van der Waals surface area (Å²) in [6.45, 7) is 1.90. The zero-order valence-electron chi connectivity index (χ0n) is 7.52. The summed E-state index contributed by atoms with van der Waals surface area (Å²) in [5.74, 6) is 0.322. The van der Waals surface area contributed by atoms with Crippen molar-refractivity contribution < 1.29 is 14.6 Å². The maximum atomic E-state index is 10.4. The third-order valence-electron chi connectivity index (χ3n) is 1.77. The van der Waals surface area contributed by atoms with Crippen molar-refractivity contribution in [2.24, 2.45) is 0 Å². The first-order valence-corrected chi connectivity index (χ1v) is 4.90. The molecule has 1 aromatic rings. The number of carbonyl (C=O) groups is 1. The summed E-state index contributed by atoms with van der Waals surface area (Å²) in [6, 6.07) is 3.23. The van der Waals surface area contributed by atoms with Crippen molar-refractivity contribution in [1.82, 2.24) is 0 Å². The SMILES string of the molecule is CCc1c(OC(=O)O)ccc(S)c1S. The van der Waals surface area contributed by atoms with E-state index in [1.165, 1.54) is 0 Å². The van der Waals surface area contributed by atoms with Gasteiger partial charge in [-0.05, 0) is 18.6 Å². The van der Waals surface area contributed by atoms with Gasteiger partial charge in [-0.25, -0.2) is 4.79 Å². The molecule has 5 heteroatoms. The average Bonchev–Trinajstić information content (AvgIpc) is 2.11. The Hall–Kier alpha value is -0.810. The smallest absolute Gasteiger partial charge is 0.449 e. The summed E-state index contributed by atoms with van der Waals surface area (Å²) in [5, 5.41) is 8.48. The molecule has 0 amide bonds. The van der Waals surface area contributed by atoms with Crippen molar-refractivity contribution in [1.29, 1.82) is 0 Å². The van der Waals surface area contributed by atoms with Gasteiger partial charge in [0.2, 0.25) is 0 Å². The summed E-state index contributed by atoms with van der Waals surface area (Å²) >= 11 is 8.41. The fourth-order valence-corrected chi connectivity index (χ4v) is 1.69. The maximum absolute atomic E-state index is 10.4. The highest BCUT2D eigenvalue weighted by Gasteiger charge is 2.11. The lowest BCUT2D eigenvalue weighted by Crippen LogP contribution is -2.05. The van der Waals surface area contributed by atoms with E-state index in [2.05, 4.69) is 30.0 Å². The van der Waals surface area contributed by atoms with Crippen LogP contribution in [0.25, 0.3) is 0 Å². The predicted octanol–water partition coefficient (Wildman–Crippen LogP) is 2.88. The van der Waals surface area contributed by atoms with Crippen LogP contribution in [0.1, 0.15) is 12.5 Å². The van der Waals surface area contributed by atoms with E-state index in [9.17, 15) is 4.79 Å². The fourth-order valence-electron chi connectivity index (χ4n) is 1.14. The number of hydrogen-bond acceptors (Lipinski definition) is 4. The van der Waals surface area contributed by atoms with Gasteiger partial charge in [0, 0.05) is 15.4 Å². The zero-order valence-corrected chi connectivity index (χ0v) is 9.31. The van der Waals surface area contributed by atoms with Gasteiger partial charge in [0.25, 0.3) is 0 Å². The van der Waals surface area contributed by atoms with E-state index in [-0.39, 0.29) is 0 Å². The number of hydrogen-bond donors (Lipinski definition) is 3. The minimum atomic E-state index is -1.32. The number of carboxylic acid groups (broad SMARTS) is 1. The molecule has 0 spiro atoms. The van der Waals surface area contributed by atoms with Crippen LogP contribution in [-0.4, -0.2) is 11.3 Å². The van der Waals surface area contributed by atoms with Gasteiger partial charge in [-0.1, -0.05) is 6.92 Å². The molecule has 0 unspecified atom stereocenters. The van der Waals surface area contributed by atoms with Crippen LogP contribution >= 0.6 is 25.3 Å². The van der Waals surface area contributed by atoms with Crippen LogP contribution in [0.3, 0.4) is 0 Å². The van der Waals surface area contributed by atoms with Crippen molar-refractivity contribution in [3.05, 3.63) is 17.7 Å². The van der Waals surface area contributed by atoms with E-state index in [0.717, 1.165) is 5.56 Å². The standard InChI is InChI=1S/C9H10O3S2/c1-2-5-6(12-9(10)11)3-4-7(13)8(5)14/h3-4,13-14H,2H2,1H3,(H,10,11). The number of rotatable bonds is 2. The zero-order chi connectivity index (χ0) is 10.7.